The number of ketones is 2. The molecule has 2 unspecified atom stereocenters. The third-order valence-electron chi connectivity index (χ3n) is 6.29. The molecule has 1 saturated heterocycles. The lowest BCUT2D eigenvalue weighted by molar-refractivity contribution is -0.129. The largest absolute Gasteiger partial charge is 0.496 e. The Morgan fingerprint density at radius 1 is 1.23 bits per heavy atom. The number of rotatable bonds is 6. The molecule has 1 aromatic rings. The van der Waals surface area contributed by atoms with Crippen LogP contribution in [-0.4, -0.2) is 62.5 Å². The number of hydrogen-bond donors (Lipinski definition) is 1. The van der Waals surface area contributed by atoms with E-state index < -0.39 is 11.4 Å². The normalized spacial score (nSPS) is 25.9. The molecule has 2 atom stereocenters. The lowest BCUT2D eigenvalue weighted by Gasteiger charge is -2.35. The number of nitrogens with one attached hydrogen (secondary N) is 1. The van der Waals surface area contributed by atoms with Gasteiger partial charge in [0.05, 0.1) is 14.2 Å². The van der Waals surface area contributed by atoms with E-state index in [-0.39, 0.29) is 33.8 Å². The van der Waals surface area contributed by atoms with Gasteiger partial charge in [-0.25, -0.2) is 0 Å². The van der Waals surface area contributed by atoms with Gasteiger partial charge in [-0.2, -0.15) is 0 Å². The smallest absolute Gasteiger partial charge is 0.236 e. The molecule has 2 heterocycles. The van der Waals surface area contributed by atoms with Crippen LogP contribution in [0.5, 0.6) is 17.2 Å². The van der Waals surface area contributed by atoms with E-state index in [2.05, 4.69) is 10.2 Å². The van der Waals surface area contributed by atoms with Gasteiger partial charge in [0, 0.05) is 36.8 Å². The number of likely N-dealkylation sites (tertiary alicyclic amines) is 1. The van der Waals surface area contributed by atoms with Crippen LogP contribution in [0.25, 0.3) is 0 Å². The molecule has 8 heteroatoms. The van der Waals surface area contributed by atoms with Crippen molar-refractivity contribution in [2.75, 3.05) is 40.4 Å². The first-order chi connectivity index (χ1) is 14.4. The molecule has 0 radical (unpaired) electrons. The maximum absolute atomic E-state index is 13.4. The molecule has 0 amide bonds. The first-order valence-corrected chi connectivity index (χ1v) is 10.7. The van der Waals surface area contributed by atoms with Gasteiger partial charge in [-0.15, -0.1) is 0 Å². The Balaban J connectivity index is 1.58. The zero-order chi connectivity index (χ0) is 21.5. The minimum Gasteiger partial charge on any atom is -0.496 e. The van der Waals surface area contributed by atoms with Crippen molar-refractivity contribution in [3.63, 3.8) is 0 Å². The van der Waals surface area contributed by atoms with Crippen molar-refractivity contribution in [2.24, 2.45) is 5.92 Å². The van der Waals surface area contributed by atoms with E-state index >= 15 is 0 Å². The highest BCUT2D eigenvalue weighted by Crippen LogP contribution is 2.52. The summed E-state index contributed by atoms with van der Waals surface area (Å²) in [6.07, 6.45) is 4.53. The first kappa shape index (κ1) is 21.0. The van der Waals surface area contributed by atoms with Crippen molar-refractivity contribution in [3.05, 3.63) is 28.4 Å². The molecule has 1 aliphatic carbocycles. The topological polar surface area (TPSA) is 77.1 Å². The van der Waals surface area contributed by atoms with Gasteiger partial charge in [-0.05, 0) is 32.4 Å². The molecule has 0 bridgehead atoms. The van der Waals surface area contributed by atoms with E-state index in [1.807, 2.05) is 6.92 Å². The number of ether oxygens (including phenoxy) is 3. The van der Waals surface area contributed by atoms with Crippen molar-refractivity contribution in [1.29, 1.82) is 0 Å². The summed E-state index contributed by atoms with van der Waals surface area (Å²) in [5.41, 5.74) is -0.589. The molecular formula is C22H27ClN2O5. The number of halogens is 1. The predicted octanol–water partition coefficient (Wildman–Crippen LogP) is 2.85. The van der Waals surface area contributed by atoms with Crippen molar-refractivity contribution < 1.29 is 23.8 Å². The van der Waals surface area contributed by atoms with Crippen LogP contribution in [0.3, 0.4) is 0 Å². The highest BCUT2D eigenvalue weighted by Gasteiger charge is 2.60. The highest BCUT2D eigenvalue weighted by atomic mass is 35.5. The Hall–Kier alpha value is -2.25. The molecule has 1 fully saturated rings. The van der Waals surface area contributed by atoms with E-state index in [0.717, 1.165) is 31.9 Å². The molecule has 0 aromatic heterocycles. The molecule has 4 rings (SSSR count). The Bertz CT molecular complexity index is 909. The standard InChI is InChI=1S/C22H27ClN2O5/c1-13-10-14(24-6-9-25-7-4-5-8-25)11-17(26)22(13)21(27)18-15(28-2)12-16(29-3)19(23)20(18)30-22/h11-13,24H,4-10H2,1-3H3. The van der Waals surface area contributed by atoms with Crippen molar-refractivity contribution >= 4 is 23.2 Å². The van der Waals surface area contributed by atoms with Gasteiger partial charge in [-0.1, -0.05) is 18.5 Å². The second-order valence-corrected chi connectivity index (χ2v) is 8.46. The van der Waals surface area contributed by atoms with E-state index in [1.165, 1.54) is 33.1 Å². The number of benzene rings is 1. The van der Waals surface area contributed by atoms with Gasteiger partial charge in [0.1, 0.15) is 22.1 Å². The summed E-state index contributed by atoms with van der Waals surface area (Å²) < 4.78 is 16.7. The quantitative estimate of drug-likeness (QED) is 0.690. The van der Waals surface area contributed by atoms with Gasteiger partial charge in [0.2, 0.25) is 17.2 Å². The summed E-state index contributed by atoms with van der Waals surface area (Å²) >= 11 is 6.40. The third-order valence-corrected chi connectivity index (χ3v) is 6.65. The van der Waals surface area contributed by atoms with E-state index in [0.29, 0.717) is 12.2 Å². The fraction of sp³-hybridized carbons (Fsp3) is 0.545. The SMILES string of the molecule is COc1cc(OC)c2c(c1Cl)OC1(C(=O)C=C(NCCN3CCCC3)CC1C)C2=O. The average Bonchev–Trinajstić information content (AvgIpc) is 3.35. The van der Waals surface area contributed by atoms with Gasteiger partial charge < -0.3 is 24.4 Å². The highest BCUT2D eigenvalue weighted by molar-refractivity contribution is 6.36. The van der Waals surface area contributed by atoms with Crippen molar-refractivity contribution in [2.45, 2.75) is 31.8 Å². The van der Waals surface area contributed by atoms with Crippen LogP contribution in [-0.2, 0) is 4.79 Å². The van der Waals surface area contributed by atoms with Crippen LogP contribution in [0.15, 0.2) is 17.8 Å². The van der Waals surface area contributed by atoms with Gasteiger partial charge in [-0.3, -0.25) is 9.59 Å². The first-order valence-electron chi connectivity index (χ1n) is 10.3. The van der Waals surface area contributed by atoms with E-state index in [9.17, 15) is 9.59 Å². The second-order valence-electron chi connectivity index (χ2n) is 8.08. The summed E-state index contributed by atoms with van der Waals surface area (Å²) in [7, 11) is 2.92. The van der Waals surface area contributed by atoms with Crippen LogP contribution in [0.1, 0.15) is 36.5 Å². The zero-order valence-corrected chi connectivity index (χ0v) is 18.3. The lowest BCUT2D eigenvalue weighted by Crippen LogP contribution is -2.55. The van der Waals surface area contributed by atoms with Crippen LogP contribution in [0, 0.1) is 5.92 Å². The maximum atomic E-state index is 13.4. The number of carbonyl (C=O) groups excluding carboxylic acids is 2. The minimum atomic E-state index is -1.62. The van der Waals surface area contributed by atoms with Crippen LogP contribution >= 0.6 is 11.6 Å². The van der Waals surface area contributed by atoms with E-state index in [4.69, 9.17) is 25.8 Å². The number of Topliss-reactive ketones (excluding diaryl/α,β-unsaturated/α-hetero) is 1. The average molecular weight is 435 g/mol. The number of allylic oxidation sites excluding steroid dienone is 1. The Morgan fingerprint density at radius 3 is 2.57 bits per heavy atom. The van der Waals surface area contributed by atoms with Crippen molar-refractivity contribution in [1.82, 2.24) is 10.2 Å². The fourth-order valence-electron chi connectivity index (χ4n) is 4.63. The predicted molar refractivity (Wildman–Crippen MR) is 113 cm³/mol. The molecule has 30 heavy (non-hydrogen) atoms. The molecule has 7 nitrogen and oxygen atoms in total. The monoisotopic (exact) mass is 434 g/mol. The minimum absolute atomic E-state index is 0.150. The maximum Gasteiger partial charge on any atom is 0.236 e. The number of carbonyl (C=O) groups is 2. The number of nitrogens with zero attached hydrogens (tertiary/aromatic N) is 1. The molecule has 1 N–H and O–H groups in total. The molecule has 0 saturated carbocycles. The number of methoxy groups -OCH3 is 2. The summed E-state index contributed by atoms with van der Waals surface area (Å²) in [6, 6.07) is 1.54. The molecular weight excluding hydrogens is 408 g/mol. The van der Waals surface area contributed by atoms with E-state index in [1.54, 1.807) is 6.07 Å². The molecule has 3 aliphatic rings. The Morgan fingerprint density at radius 2 is 1.93 bits per heavy atom. The number of hydrogen-bond acceptors (Lipinski definition) is 7. The Kier molecular flexibility index (Phi) is 5.68. The number of fused-ring (bicyclic) bond motifs is 1. The van der Waals surface area contributed by atoms with Crippen molar-refractivity contribution in [3.8, 4) is 17.2 Å². The van der Waals surface area contributed by atoms with Crippen LogP contribution in [0.2, 0.25) is 5.02 Å². The molecule has 2 aliphatic heterocycles. The second kappa shape index (κ2) is 8.12. The molecule has 162 valence electrons. The van der Waals surface area contributed by atoms with Gasteiger partial charge >= 0.3 is 0 Å². The third kappa shape index (κ3) is 3.24. The van der Waals surface area contributed by atoms with Gasteiger partial charge in [0.25, 0.3) is 0 Å². The lowest BCUT2D eigenvalue weighted by atomic mass is 9.74. The summed E-state index contributed by atoms with van der Waals surface area (Å²) in [5, 5.41) is 3.53. The molecule has 1 spiro atoms. The van der Waals surface area contributed by atoms with Gasteiger partial charge in [0.15, 0.2) is 5.75 Å². The summed E-state index contributed by atoms with van der Waals surface area (Å²) in [4.78, 5) is 29.1. The van der Waals surface area contributed by atoms with Crippen LogP contribution in [0.4, 0.5) is 0 Å². The van der Waals surface area contributed by atoms with Crippen LogP contribution < -0.4 is 19.5 Å². The zero-order valence-electron chi connectivity index (χ0n) is 17.5. The fourth-order valence-corrected chi connectivity index (χ4v) is 4.90. The Labute approximate surface area is 181 Å². The summed E-state index contributed by atoms with van der Waals surface area (Å²) in [5.74, 6) is -0.390. The summed E-state index contributed by atoms with van der Waals surface area (Å²) in [6.45, 7) is 5.83. The molecule has 1 aromatic carbocycles.